The van der Waals surface area contributed by atoms with Gasteiger partial charge in [-0.3, -0.25) is 13.9 Å². The number of nitrogens with two attached hydrogens (primary N) is 1. The van der Waals surface area contributed by atoms with Gasteiger partial charge in [-0.15, -0.1) is 0 Å². The maximum absolute atomic E-state index is 14.7. The minimum Gasteiger partial charge on any atom is -0.479 e. The molecule has 0 spiro atoms. The fraction of sp³-hybridized carbons (Fsp3) is 0.500. The van der Waals surface area contributed by atoms with Gasteiger partial charge in [0.05, 0.1) is 20.3 Å². The number of aliphatic hydroxyl groups excluding tert-OH is 1. The second-order valence-corrected chi connectivity index (χ2v) is 16.8. The summed E-state index contributed by atoms with van der Waals surface area (Å²) in [6, 6.07) is 11.6. The first kappa shape index (κ1) is 38.5. The number of hydrogen-bond donors (Lipinski definition) is 4. The smallest absolute Gasteiger partial charge is 0.459 e. The van der Waals surface area contributed by atoms with Crippen LogP contribution in [0.1, 0.15) is 40.3 Å². The third-order valence-corrected chi connectivity index (χ3v) is 10.9. The Morgan fingerprint density at radius 2 is 1.94 bits per heavy atom. The molecule has 6 atom stereocenters. The Bertz CT molecular complexity index is 1890. The van der Waals surface area contributed by atoms with Crippen molar-refractivity contribution >= 4 is 76.0 Å². The minimum absolute atomic E-state index is 0.0976. The van der Waals surface area contributed by atoms with Crippen molar-refractivity contribution in [3.8, 4) is 11.6 Å². The van der Waals surface area contributed by atoms with Gasteiger partial charge in [-0.1, -0.05) is 57.2 Å². The van der Waals surface area contributed by atoms with Crippen LogP contribution in [0.15, 0.2) is 42.5 Å². The summed E-state index contributed by atoms with van der Waals surface area (Å²) >= 11 is 3.45. The van der Waals surface area contributed by atoms with Crippen molar-refractivity contribution in [2.45, 2.75) is 64.2 Å². The van der Waals surface area contributed by atoms with Gasteiger partial charge in [-0.2, -0.15) is 26.8 Å². The molecular formula is C32H42IN6O9PS. The van der Waals surface area contributed by atoms with E-state index in [1.807, 2.05) is 79.9 Å². The number of carbonyl (C=O) groups excluding carboxylic acids is 1. The summed E-state index contributed by atoms with van der Waals surface area (Å²) in [6.45, 7) is 6.82. The average Bonchev–Trinajstić information content (AvgIpc) is 3.50. The molecule has 1 aliphatic rings. The van der Waals surface area contributed by atoms with Gasteiger partial charge in [0.1, 0.15) is 29.6 Å². The quantitative estimate of drug-likeness (QED) is 0.0589. The predicted octanol–water partition coefficient (Wildman–Crippen LogP) is 4.69. The van der Waals surface area contributed by atoms with E-state index in [-0.39, 0.29) is 47.2 Å². The highest BCUT2D eigenvalue weighted by molar-refractivity contribution is 14.1. The Hall–Kier alpha value is -2.77. The van der Waals surface area contributed by atoms with Crippen LogP contribution in [0.25, 0.3) is 21.9 Å². The standard InChI is InChI=1S/C32H42IN6O9PS/c1-31(2,3)17-45-27(41)20(14-15-50-6)38-49(43,48-21-13-9-11-18-10-7-8-12-19(18)21)46-16-22-24(40)32(4,42)28(47-22)39-25-23(35-29(39)33)26(44-5)37-30(34)36-25/h7-13,20,22,24,28,40,42H,14-17H2,1-6H3,(H,38,43)(H2,34,36,37)/t20-,22+,24+,28?,32+,49?/m0/s1. The minimum atomic E-state index is -4.43. The summed E-state index contributed by atoms with van der Waals surface area (Å²) < 4.78 is 45.8. The number of carbonyl (C=O) groups is 1. The summed E-state index contributed by atoms with van der Waals surface area (Å²) in [4.78, 5) is 26.2. The molecule has 272 valence electrons. The number of thioether (sulfide) groups is 1. The number of anilines is 1. The molecule has 50 heavy (non-hydrogen) atoms. The van der Waals surface area contributed by atoms with Crippen LogP contribution < -0.4 is 20.1 Å². The maximum atomic E-state index is 14.7. The summed E-state index contributed by atoms with van der Waals surface area (Å²) in [7, 11) is -3.02. The van der Waals surface area contributed by atoms with Crippen LogP contribution in [0.5, 0.6) is 11.6 Å². The van der Waals surface area contributed by atoms with Gasteiger partial charge in [0, 0.05) is 28.0 Å². The number of rotatable bonds is 14. The highest BCUT2D eigenvalue weighted by Crippen LogP contribution is 2.49. The molecule has 0 aliphatic carbocycles. The Morgan fingerprint density at radius 1 is 1.22 bits per heavy atom. The SMILES string of the molecule is COc1nc(N)nc2c1nc(I)n2C1O[C@H](COP(=O)(N[C@@H](CCSC)C(=O)OCC(C)(C)C)Oc2cccc3ccccc23)[C@@H](O)[C@@]1(C)O. The molecule has 0 saturated carbocycles. The highest BCUT2D eigenvalue weighted by atomic mass is 127. The number of ether oxygens (including phenoxy) is 3. The van der Waals surface area contributed by atoms with Crippen molar-refractivity contribution in [3.05, 3.63) is 46.3 Å². The van der Waals surface area contributed by atoms with E-state index in [9.17, 15) is 19.6 Å². The van der Waals surface area contributed by atoms with Crippen molar-refractivity contribution in [1.82, 2.24) is 24.6 Å². The molecule has 5 N–H and O–H groups in total. The molecule has 1 aliphatic heterocycles. The fourth-order valence-corrected chi connectivity index (χ4v) is 8.11. The lowest BCUT2D eigenvalue weighted by atomic mass is 9.96. The number of nitrogen functional groups attached to an aromatic ring is 1. The average molecular weight is 845 g/mol. The Labute approximate surface area is 307 Å². The number of benzene rings is 2. The van der Waals surface area contributed by atoms with Gasteiger partial charge in [0.2, 0.25) is 11.8 Å². The molecule has 18 heteroatoms. The van der Waals surface area contributed by atoms with Gasteiger partial charge >= 0.3 is 13.7 Å². The van der Waals surface area contributed by atoms with E-state index < -0.39 is 50.4 Å². The fourth-order valence-electron chi connectivity index (χ4n) is 5.36. The molecule has 0 bridgehead atoms. The summed E-state index contributed by atoms with van der Waals surface area (Å²) in [5.41, 5.74) is 4.17. The highest BCUT2D eigenvalue weighted by Gasteiger charge is 2.55. The van der Waals surface area contributed by atoms with Crippen LogP contribution in [0, 0.1) is 9.25 Å². The Balaban J connectivity index is 1.46. The largest absolute Gasteiger partial charge is 0.479 e. The first-order valence-electron chi connectivity index (χ1n) is 15.7. The normalized spacial score (nSPS) is 22.8. The molecule has 2 aromatic heterocycles. The predicted molar refractivity (Wildman–Crippen MR) is 198 cm³/mol. The Morgan fingerprint density at radius 3 is 2.64 bits per heavy atom. The van der Waals surface area contributed by atoms with E-state index in [2.05, 4.69) is 20.0 Å². The van der Waals surface area contributed by atoms with Crippen LogP contribution in [0.3, 0.4) is 0 Å². The van der Waals surface area contributed by atoms with Crippen LogP contribution in [0.4, 0.5) is 5.95 Å². The zero-order valence-corrected chi connectivity index (χ0v) is 32.4. The molecule has 2 aromatic carbocycles. The molecule has 5 rings (SSSR count). The topological polar surface area (TPSA) is 202 Å². The van der Waals surface area contributed by atoms with E-state index in [1.165, 1.54) is 30.4 Å². The van der Waals surface area contributed by atoms with E-state index in [0.29, 0.717) is 15.0 Å². The maximum Gasteiger partial charge on any atom is 0.459 e. The number of fused-ring (bicyclic) bond motifs is 2. The van der Waals surface area contributed by atoms with E-state index in [0.717, 1.165) is 5.39 Å². The second-order valence-electron chi connectivity index (χ2n) is 13.2. The number of aliphatic hydroxyl groups is 2. The Kier molecular flexibility index (Phi) is 11.9. The summed E-state index contributed by atoms with van der Waals surface area (Å²) in [5, 5.41) is 27.3. The molecule has 15 nitrogen and oxygen atoms in total. The zero-order valence-electron chi connectivity index (χ0n) is 28.5. The molecule has 0 radical (unpaired) electrons. The van der Waals surface area contributed by atoms with Gasteiger partial charge in [0.15, 0.2) is 21.2 Å². The van der Waals surface area contributed by atoms with Crippen LogP contribution in [0.2, 0.25) is 0 Å². The first-order valence-corrected chi connectivity index (χ1v) is 19.7. The number of aromatic nitrogens is 4. The lowest BCUT2D eigenvalue weighted by molar-refractivity contribution is -0.148. The molecule has 2 unspecified atom stereocenters. The number of imidazole rings is 1. The van der Waals surface area contributed by atoms with Crippen LogP contribution >= 0.6 is 42.1 Å². The molecule has 1 saturated heterocycles. The van der Waals surface area contributed by atoms with Crippen molar-refractivity contribution in [2.75, 3.05) is 38.1 Å². The monoisotopic (exact) mass is 844 g/mol. The number of halogens is 1. The van der Waals surface area contributed by atoms with E-state index in [1.54, 1.807) is 12.1 Å². The number of hydrogen-bond acceptors (Lipinski definition) is 14. The molecule has 0 amide bonds. The molecular weight excluding hydrogens is 802 g/mol. The van der Waals surface area contributed by atoms with Crippen LogP contribution in [-0.2, 0) is 23.4 Å². The molecule has 3 heterocycles. The second kappa shape index (κ2) is 15.5. The third-order valence-electron chi connectivity index (χ3n) is 7.90. The van der Waals surface area contributed by atoms with E-state index >= 15 is 0 Å². The lowest BCUT2D eigenvalue weighted by Gasteiger charge is -2.28. The lowest BCUT2D eigenvalue weighted by Crippen LogP contribution is -2.45. The van der Waals surface area contributed by atoms with Gasteiger partial charge in [-0.25, -0.2) is 9.55 Å². The van der Waals surface area contributed by atoms with E-state index in [4.69, 9.17) is 29.0 Å². The number of nitrogens with one attached hydrogen (secondary N) is 1. The summed E-state index contributed by atoms with van der Waals surface area (Å²) in [5.74, 6) is 0.199. The molecule has 4 aromatic rings. The zero-order chi connectivity index (χ0) is 36.4. The number of esters is 1. The van der Waals surface area contributed by atoms with Crippen molar-refractivity contribution in [1.29, 1.82) is 0 Å². The molecule has 1 fully saturated rings. The van der Waals surface area contributed by atoms with Gasteiger partial charge in [0.25, 0.3) is 0 Å². The van der Waals surface area contributed by atoms with Crippen molar-refractivity contribution < 1.29 is 42.8 Å². The van der Waals surface area contributed by atoms with Crippen molar-refractivity contribution in [3.63, 3.8) is 0 Å². The summed E-state index contributed by atoms with van der Waals surface area (Å²) in [6.07, 6.45) is -1.86. The first-order chi connectivity index (χ1) is 23.6. The third kappa shape index (κ3) is 8.47. The van der Waals surface area contributed by atoms with Crippen molar-refractivity contribution in [2.24, 2.45) is 5.41 Å². The van der Waals surface area contributed by atoms with Gasteiger partial charge < -0.3 is 34.7 Å². The number of methoxy groups -OCH3 is 1. The number of nitrogens with zero attached hydrogens (tertiary/aromatic N) is 4. The van der Waals surface area contributed by atoms with Crippen LogP contribution in [-0.4, -0.2) is 91.9 Å². The van der Waals surface area contributed by atoms with Gasteiger partial charge in [-0.05, 0) is 42.2 Å².